The van der Waals surface area contributed by atoms with Crippen LogP contribution in [0.15, 0.2) is 23.6 Å². The van der Waals surface area contributed by atoms with Gasteiger partial charge in [0.1, 0.15) is 5.82 Å². The minimum absolute atomic E-state index is 0.0228. The zero-order valence-electron chi connectivity index (χ0n) is 11.6. The summed E-state index contributed by atoms with van der Waals surface area (Å²) in [5.74, 6) is -0.375. The molecule has 0 unspecified atom stereocenters. The first-order chi connectivity index (χ1) is 9.77. The van der Waals surface area contributed by atoms with E-state index in [1.165, 1.54) is 18.2 Å². The van der Waals surface area contributed by atoms with Gasteiger partial charge >= 0.3 is 0 Å². The van der Waals surface area contributed by atoms with Crippen LogP contribution in [0.3, 0.4) is 0 Å². The van der Waals surface area contributed by atoms with Gasteiger partial charge in [0.25, 0.3) is 0 Å². The number of rotatable bonds is 5. The van der Waals surface area contributed by atoms with Gasteiger partial charge in [0.2, 0.25) is 10.0 Å². The lowest BCUT2D eigenvalue weighted by Gasteiger charge is -2.07. The number of thiazole rings is 1. The number of nitrogens with zero attached hydrogens (tertiary/aromatic N) is 1. The lowest BCUT2D eigenvalue weighted by atomic mass is 10.1. The molecule has 3 N–H and O–H groups in total. The van der Waals surface area contributed by atoms with Crippen LogP contribution in [0.4, 0.5) is 15.2 Å². The summed E-state index contributed by atoms with van der Waals surface area (Å²) in [4.78, 5) is 4.19. The highest BCUT2D eigenvalue weighted by molar-refractivity contribution is 7.92. The van der Waals surface area contributed by atoms with Gasteiger partial charge < -0.3 is 5.73 Å². The van der Waals surface area contributed by atoms with E-state index in [0.29, 0.717) is 11.3 Å². The molecule has 2 aromatic rings. The molecule has 0 atom stereocenters. The number of nitrogens with two attached hydrogens (primary N) is 1. The fraction of sp³-hybridized carbons (Fsp3) is 0.308. The third-order valence-electron chi connectivity index (χ3n) is 2.59. The fourth-order valence-corrected chi connectivity index (χ4v) is 4.22. The molecular weight excluding hydrogens is 313 g/mol. The SMILES string of the molecule is CC(C)CS(=O)(=O)Nc1nc(-c2ccc(F)cc2N)cs1. The first-order valence-electron chi connectivity index (χ1n) is 6.28. The van der Waals surface area contributed by atoms with Crippen LogP contribution >= 0.6 is 11.3 Å². The van der Waals surface area contributed by atoms with E-state index < -0.39 is 15.8 Å². The second kappa shape index (κ2) is 5.98. The van der Waals surface area contributed by atoms with Crippen LogP contribution in [0.5, 0.6) is 0 Å². The van der Waals surface area contributed by atoms with Crippen LogP contribution in [-0.4, -0.2) is 19.2 Å². The summed E-state index contributed by atoms with van der Waals surface area (Å²) in [6.45, 7) is 3.65. The maximum absolute atomic E-state index is 13.0. The molecule has 1 aromatic carbocycles. The highest BCUT2D eigenvalue weighted by Crippen LogP contribution is 2.30. The third-order valence-corrected chi connectivity index (χ3v) is 5.09. The molecule has 0 bridgehead atoms. The van der Waals surface area contributed by atoms with E-state index in [1.54, 1.807) is 5.38 Å². The van der Waals surface area contributed by atoms with Crippen LogP contribution in [-0.2, 0) is 10.0 Å². The Morgan fingerprint density at radius 1 is 1.43 bits per heavy atom. The summed E-state index contributed by atoms with van der Waals surface area (Å²) < 4.78 is 39.2. The van der Waals surface area contributed by atoms with Gasteiger partial charge in [-0.05, 0) is 24.1 Å². The standard InChI is InChI=1S/C13H16FN3O2S2/c1-8(2)7-21(18,19)17-13-16-12(6-20-13)10-4-3-9(14)5-11(10)15/h3-6,8H,7,15H2,1-2H3,(H,16,17). The molecule has 0 spiro atoms. The lowest BCUT2D eigenvalue weighted by Crippen LogP contribution is -2.19. The molecule has 0 radical (unpaired) electrons. The maximum Gasteiger partial charge on any atom is 0.234 e. The van der Waals surface area contributed by atoms with Crippen LogP contribution in [0, 0.1) is 11.7 Å². The van der Waals surface area contributed by atoms with Crippen molar-refractivity contribution in [3.63, 3.8) is 0 Å². The molecule has 1 aromatic heterocycles. The van der Waals surface area contributed by atoms with Gasteiger partial charge in [-0.1, -0.05) is 13.8 Å². The van der Waals surface area contributed by atoms with Crippen molar-refractivity contribution in [2.75, 3.05) is 16.2 Å². The summed E-state index contributed by atoms with van der Waals surface area (Å²) in [6, 6.07) is 4.01. The van der Waals surface area contributed by atoms with Crippen molar-refractivity contribution >= 4 is 32.2 Å². The predicted molar refractivity (Wildman–Crippen MR) is 84.2 cm³/mol. The zero-order valence-corrected chi connectivity index (χ0v) is 13.3. The quantitative estimate of drug-likeness (QED) is 0.826. The predicted octanol–water partition coefficient (Wildman–Crippen LogP) is 2.93. The molecule has 0 amide bonds. The van der Waals surface area contributed by atoms with Gasteiger partial charge in [0.15, 0.2) is 5.13 Å². The number of hydrogen-bond donors (Lipinski definition) is 2. The van der Waals surface area contributed by atoms with Crippen molar-refractivity contribution in [1.29, 1.82) is 0 Å². The average Bonchev–Trinajstić information content (AvgIpc) is 2.74. The fourth-order valence-electron chi connectivity index (χ4n) is 1.82. The molecule has 114 valence electrons. The van der Waals surface area contributed by atoms with E-state index in [4.69, 9.17) is 5.73 Å². The Kier molecular flexibility index (Phi) is 4.48. The van der Waals surface area contributed by atoms with Crippen molar-refractivity contribution in [1.82, 2.24) is 4.98 Å². The van der Waals surface area contributed by atoms with Gasteiger partial charge in [-0.2, -0.15) is 0 Å². The van der Waals surface area contributed by atoms with Crippen molar-refractivity contribution in [2.24, 2.45) is 5.92 Å². The average molecular weight is 329 g/mol. The molecule has 0 aliphatic rings. The summed E-state index contributed by atoms with van der Waals surface area (Å²) in [5.41, 5.74) is 7.09. The molecule has 5 nitrogen and oxygen atoms in total. The van der Waals surface area contributed by atoms with E-state index in [9.17, 15) is 12.8 Å². The first kappa shape index (κ1) is 15.7. The van der Waals surface area contributed by atoms with Gasteiger partial charge in [0.05, 0.1) is 11.4 Å². The number of nitrogen functional groups attached to an aromatic ring is 1. The Morgan fingerprint density at radius 3 is 2.76 bits per heavy atom. The summed E-state index contributed by atoms with van der Waals surface area (Å²) in [7, 11) is -3.41. The van der Waals surface area contributed by atoms with Gasteiger partial charge in [-0.15, -0.1) is 11.3 Å². The van der Waals surface area contributed by atoms with E-state index in [1.807, 2.05) is 13.8 Å². The number of sulfonamides is 1. The molecular formula is C13H16FN3O2S2. The maximum atomic E-state index is 13.0. The Balaban J connectivity index is 2.22. The highest BCUT2D eigenvalue weighted by atomic mass is 32.2. The Bertz CT molecular complexity index is 742. The molecule has 2 rings (SSSR count). The second-order valence-corrected chi connectivity index (χ2v) is 7.67. The van der Waals surface area contributed by atoms with E-state index >= 15 is 0 Å². The minimum Gasteiger partial charge on any atom is -0.398 e. The number of aromatic nitrogens is 1. The molecule has 8 heteroatoms. The topological polar surface area (TPSA) is 85.1 Å². The van der Waals surface area contributed by atoms with Crippen LogP contribution in [0.2, 0.25) is 0 Å². The van der Waals surface area contributed by atoms with Crippen LogP contribution in [0.25, 0.3) is 11.3 Å². The number of nitrogens with one attached hydrogen (secondary N) is 1. The summed E-state index contributed by atoms with van der Waals surface area (Å²) in [5, 5.41) is 1.95. The largest absolute Gasteiger partial charge is 0.398 e. The molecule has 21 heavy (non-hydrogen) atoms. The van der Waals surface area contributed by atoms with Gasteiger partial charge in [-0.25, -0.2) is 17.8 Å². The smallest absolute Gasteiger partial charge is 0.234 e. The van der Waals surface area contributed by atoms with E-state index in [-0.39, 0.29) is 22.5 Å². The van der Waals surface area contributed by atoms with Gasteiger partial charge in [-0.3, -0.25) is 4.72 Å². The number of anilines is 2. The monoisotopic (exact) mass is 329 g/mol. The lowest BCUT2D eigenvalue weighted by molar-refractivity contribution is 0.587. The Hall–Kier alpha value is -1.67. The normalized spacial score (nSPS) is 11.8. The molecule has 0 aliphatic carbocycles. The van der Waals surface area contributed by atoms with Crippen LogP contribution < -0.4 is 10.5 Å². The molecule has 0 fully saturated rings. The summed E-state index contributed by atoms with van der Waals surface area (Å²) >= 11 is 1.16. The van der Waals surface area contributed by atoms with Crippen molar-refractivity contribution in [2.45, 2.75) is 13.8 Å². The zero-order chi connectivity index (χ0) is 15.6. The summed E-state index contributed by atoms with van der Waals surface area (Å²) in [6.07, 6.45) is 0. The van der Waals surface area contributed by atoms with E-state index in [0.717, 1.165) is 11.3 Å². The minimum atomic E-state index is -3.41. The highest BCUT2D eigenvalue weighted by Gasteiger charge is 2.16. The molecule has 0 saturated carbocycles. The third kappa shape index (κ3) is 4.15. The number of hydrogen-bond acceptors (Lipinski definition) is 5. The van der Waals surface area contributed by atoms with Crippen molar-refractivity contribution < 1.29 is 12.8 Å². The van der Waals surface area contributed by atoms with Crippen molar-refractivity contribution in [3.8, 4) is 11.3 Å². The second-order valence-electron chi connectivity index (χ2n) is 5.05. The number of halogens is 1. The molecule has 1 heterocycles. The Labute approximate surface area is 127 Å². The Morgan fingerprint density at radius 2 is 2.14 bits per heavy atom. The molecule has 0 saturated heterocycles. The number of benzene rings is 1. The van der Waals surface area contributed by atoms with E-state index in [2.05, 4.69) is 9.71 Å². The van der Waals surface area contributed by atoms with Gasteiger partial charge in [0, 0.05) is 16.6 Å². The van der Waals surface area contributed by atoms with Crippen LogP contribution in [0.1, 0.15) is 13.8 Å². The molecule has 0 aliphatic heterocycles. The van der Waals surface area contributed by atoms with Crippen molar-refractivity contribution in [3.05, 3.63) is 29.4 Å². The first-order valence-corrected chi connectivity index (χ1v) is 8.81.